The zero-order valence-electron chi connectivity index (χ0n) is 19.2. The summed E-state index contributed by atoms with van der Waals surface area (Å²) in [5, 5.41) is 4.63. The molecule has 0 bridgehead atoms. The Bertz CT molecular complexity index is 1050. The predicted octanol–water partition coefficient (Wildman–Crippen LogP) is 6.61. The van der Waals surface area contributed by atoms with Crippen LogP contribution in [0, 0.1) is 0 Å². The van der Waals surface area contributed by atoms with Gasteiger partial charge in [-0.05, 0) is 49.8 Å². The predicted molar refractivity (Wildman–Crippen MR) is 175 cm³/mol. The zero-order valence-corrected chi connectivity index (χ0v) is 28.7. The summed E-state index contributed by atoms with van der Waals surface area (Å²) in [6.45, 7) is 0. The Morgan fingerprint density at radius 1 is 0.389 bits per heavy atom. The lowest BCUT2D eigenvalue weighted by molar-refractivity contribution is 0.308. The van der Waals surface area contributed by atoms with Crippen molar-refractivity contribution in [3.05, 3.63) is 88.0 Å². The monoisotopic (exact) mass is 864 g/mol. The number of benzene rings is 3. The van der Waals surface area contributed by atoms with E-state index in [0.29, 0.717) is 0 Å². The third-order valence-corrected chi connectivity index (χ3v) is 9.74. The van der Waals surface area contributed by atoms with Crippen LogP contribution in [0.2, 0.25) is 0 Å². The van der Waals surface area contributed by atoms with Crippen LogP contribution in [0.1, 0.15) is 33.4 Å². The minimum atomic E-state index is -0.581. The Morgan fingerprint density at radius 2 is 0.639 bits per heavy atom. The Morgan fingerprint density at radius 3 is 0.861 bits per heavy atom. The Hall–Kier alpha value is 0.615. The van der Waals surface area contributed by atoms with Crippen LogP contribution >= 0.6 is 95.6 Å². The smallest absolute Gasteiger partial charge is 0.445 e. The van der Waals surface area contributed by atoms with Crippen LogP contribution in [0.25, 0.3) is 0 Å². The van der Waals surface area contributed by atoms with Crippen LogP contribution in [0.5, 0.6) is 0 Å². The number of hydrogen-bond donors (Lipinski definition) is 0. The van der Waals surface area contributed by atoms with Crippen molar-refractivity contribution < 1.29 is 13.7 Å². The van der Waals surface area contributed by atoms with E-state index in [-0.39, 0.29) is 0 Å². The first-order valence-corrected chi connectivity index (χ1v) is 17.9. The van der Waals surface area contributed by atoms with Crippen molar-refractivity contribution in [2.45, 2.75) is 32.0 Å². The van der Waals surface area contributed by atoms with Crippen molar-refractivity contribution in [2.75, 3.05) is 0 Å². The van der Waals surface area contributed by atoms with E-state index in [0.717, 1.165) is 48.4 Å². The normalized spacial score (nSPS) is 14.0. The summed E-state index contributed by atoms with van der Waals surface area (Å²) in [6.07, 6.45) is 0. The molecule has 0 radical (unpaired) electrons. The van der Waals surface area contributed by atoms with Gasteiger partial charge in [0.25, 0.3) is 0 Å². The van der Waals surface area contributed by atoms with Gasteiger partial charge in [-0.2, -0.15) is 0 Å². The average molecular weight is 869 g/mol. The lowest BCUT2D eigenvalue weighted by Crippen LogP contribution is -2.61. The molecule has 0 aromatic heterocycles. The second-order valence-electron chi connectivity index (χ2n) is 8.29. The summed E-state index contributed by atoms with van der Waals surface area (Å²) in [6, 6.07) is 19.0. The van der Waals surface area contributed by atoms with Crippen molar-refractivity contribution in [3.8, 4) is 0 Å². The molecular weight excluding hydrogens is 848 g/mol. The van der Waals surface area contributed by atoms with Gasteiger partial charge in [-0.1, -0.05) is 150 Å². The standard InChI is InChI=1S/C24H21B3Br6O3/c28-10-16-1-4-22(7-19(16)13-31)25-34-26(23-5-2-17(11-29)20(8-23)14-32)36-27(35-25)24-6-3-18(12-30)21(9-24)15-33/h1-9H,10-15H2. The summed E-state index contributed by atoms with van der Waals surface area (Å²) in [4.78, 5) is 0. The first-order valence-electron chi connectivity index (χ1n) is 11.2. The molecule has 3 nitrogen and oxygen atoms in total. The summed E-state index contributed by atoms with van der Waals surface area (Å²) in [7, 11) is -1.74. The van der Waals surface area contributed by atoms with Gasteiger partial charge in [0.2, 0.25) is 0 Å². The van der Waals surface area contributed by atoms with Gasteiger partial charge in [-0.3, -0.25) is 0 Å². The van der Waals surface area contributed by atoms with Crippen LogP contribution in [0.3, 0.4) is 0 Å². The molecule has 0 aliphatic carbocycles. The lowest BCUT2D eigenvalue weighted by atomic mass is 9.61. The third kappa shape index (κ3) is 6.84. The Balaban J connectivity index is 1.74. The molecule has 1 saturated heterocycles. The van der Waals surface area contributed by atoms with Crippen LogP contribution < -0.4 is 16.4 Å². The van der Waals surface area contributed by atoms with Crippen molar-refractivity contribution in [1.82, 2.24) is 0 Å². The highest BCUT2D eigenvalue weighted by molar-refractivity contribution is 9.09. The van der Waals surface area contributed by atoms with Gasteiger partial charge in [0, 0.05) is 32.0 Å². The minimum absolute atomic E-state index is 0.581. The molecule has 1 fully saturated rings. The van der Waals surface area contributed by atoms with E-state index in [4.69, 9.17) is 13.7 Å². The zero-order chi connectivity index (χ0) is 25.7. The van der Waals surface area contributed by atoms with Gasteiger partial charge in [-0.25, -0.2) is 0 Å². The molecule has 186 valence electrons. The molecule has 0 atom stereocenters. The van der Waals surface area contributed by atoms with E-state index in [1.807, 2.05) is 0 Å². The van der Waals surface area contributed by atoms with Crippen LogP contribution in [-0.2, 0) is 45.7 Å². The number of rotatable bonds is 9. The number of hydrogen-bond acceptors (Lipinski definition) is 3. The quantitative estimate of drug-likeness (QED) is 0.179. The Labute approximate surface area is 264 Å². The van der Waals surface area contributed by atoms with Gasteiger partial charge >= 0.3 is 21.4 Å². The molecule has 1 aliphatic rings. The van der Waals surface area contributed by atoms with Gasteiger partial charge in [-0.15, -0.1) is 0 Å². The Kier molecular flexibility index (Phi) is 11.8. The third-order valence-electron chi connectivity index (χ3n) is 6.11. The molecule has 0 amide bonds. The van der Waals surface area contributed by atoms with E-state index in [1.165, 1.54) is 33.4 Å². The molecule has 0 unspecified atom stereocenters. The lowest BCUT2D eigenvalue weighted by Gasteiger charge is -2.32. The molecular formula is C24H21B3Br6O3. The first kappa shape index (κ1) is 29.6. The van der Waals surface area contributed by atoms with Crippen molar-refractivity contribution in [1.29, 1.82) is 0 Å². The number of halogens is 6. The molecule has 3 aromatic rings. The molecule has 1 heterocycles. The highest BCUT2D eigenvalue weighted by Gasteiger charge is 2.43. The van der Waals surface area contributed by atoms with Crippen LogP contribution in [-0.4, -0.2) is 21.4 Å². The van der Waals surface area contributed by atoms with E-state index < -0.39 is 21.4 Å². The van der Waals surface area contributed by atoms with Gasteiger partial charge in [0.15, 0.2) is 0 Å². The molecule has 0 saturated carbocycles. The number of alkyl halides is 6. The summed E-state index contributed by atoms with van der Waals surface area (Å²) in [5.74, 6) is 0. The molecule has 36 heavy (non-hydrogen) atoms. The molecule has 0 spiro atoms. The summed E-state index contributed by atoms with van der Waals surface area (Å²) < 4.78 is 19.3. The van der Waals surface area contributed by atoms with E-state index in [9.17, 15) is 0 Å². The molecule has 3 aromatic carbocycles. The van der Waals surface area contributed by atoms with Crippen LogP contribution in [0.15, 0.2) is 54.6 Å². The molecule has 0 N–H and O–H groups in total. The van der Waals surface area contributed by atoms with Gasteiger partial charge in [0.1, 0.15) is 0 Å². The minimum Gasteiger partial charge on any atom is -0.445 e. The average Bonchev–Trinajstić information content (AvgIpc) is 2.95. The fourth-order valence-electron chi connectivity index (χ4n) is 4.05. The molecule has 4 rings (SSSR count). The highest BCUT2D eigenvalue weighted by atomic mass is 79.9. The topological polar surface area (TPSA) is 27.7 Å². The largest absolute Gasteiger partial charge is 0.467 e. The fourth-order valence-corrected chi connectivity index (χ4v) is 7.25. The maximum Gasteiger partial charge on any atom is 0.467 e. The van der Waals surface area contributed by atoms with Crippen molar-refractivity contribution in [3.63, 3.8) is 0 Å². The van der Waals surface area contributed by atoms with Crippen molar-refractivity contribution >= 4 is 133 Å². The van der Waals surface area contributed by atoms with Gasteiger partial charge in [0.05, 0.1) is 0 Å². The van der Waals surface area contributed by atoms with E-state index in [1.54, 1.807) is 0 Å². The summed E-state index contributed by atoms with van der Waals surface area (Å²) in [5.41, 5.74) is 10.2. The molecule has 12 heteroatoms. The van der Waals surface area contributed by atoms with E-state index >= 15 is 0 Å². The first-order chi connectivity index (χ1) is 17.5. The molecule has 1 aliphatic heterocycles. The second-order valence-corrected chi connectivity index (χ2v) is 11.7. The van der Waals surface area contributed by atoms with Crippen molar-refractivity contribution in [2.24, 2.45) is 0 Å². The second kappa shape index (κ2) is 14.3. The van der Waals surface area contributed by atoms with E-state index in [2.05, 4.69) is 150 Å². The SMILES string of the molecule is BrCc1ccc(B2OB(c3ccc(CBr)c(CBr)c3)OB(c3ccc(CBr)c(CBr)c3)O2)cc1CBr. The maximum absolute atomic E-state index is 6.44. The van der Waals surface area contributed by atoms with Crippen LogP contribution in [0.4, 0.5) is 0 Å². The van der Waals surface area contributed by atoms with Gasteiger partial charge < -0.3 is 13.7 Å². The highest BCUT2D eigenvalue weighted by Crippen LogP contribution is 2.20. The summed E-state index contributed by atoms with van der Waals surface area (Å²) >= 11 is 21.6. The maximum atomic E-state index is 6.44. The fraction of sp³-hybridized carbons (Fsp3) is 0.250.